The Morgan fingerprint density at radius 1 is 1.08 bits per heavy atom. The van der Waals surface area contributed by atoms with Gasteiger partial charge in [-0.15, -0.1) is 0 Å². The zero-order valence-electron chi connectivity index (χ0n) is 14.7. The molecule has 1 aliphatic heterocycles. The van der Waals surface area contributed by atoms with Crippen LogP contribution in [0, 0.1) is 5.92 Å². The van der Waals surface area contributed by atoms with Crippen molar-refractivity contribution in [1.82, 2.24) is 10.6 Å². The number of benzene rings is 1. The van der Waals surface area contributed by atoms with Crippen LogP contribution in [0.25, 0.3) is 0 Å². The van der Waals surface area contributed by atoms with Gasteiger partial charge in [-0.05, 0) is 37.1 Å². The highest BCUT2D eigenvalue weighted by Gasteiger charge is 2.30. The highest BCUT2D eigenvalue weighted by Crippen LogP contribution is 2.24. The Hall–Kier alpha value is -2.57. The van der Waals surface area contributed by atoms with Crippen LogP contribution in [-0.2, 0) is 4.79 Å². The maximum atomic E-state index is 12.6. The average Bonchev–Trinajstić information content (AvgIpc) is 3.03. The number of hydrogen-bond acceptors (Lipinski definition) is 3. The number of carboxylic acids is 1. The fraction of sp³-hybridized carbons (Fsp3) is 0.526. The summed E-state index contributed by atoms with van der Waals surface area (Å²) in [6.45, 7) is 1.21. The number of carbonyl (C=O) groups is 3. The van der Waals surface area contributed by atoms with E-state index in [9.17, 15) is 19.5 Å². The molecule has 1 aliphatic carbocycles. The summed E-state index contributed by atoms with van der Waals surface area (Å²) in [6.07, 6.45) is 5.23. The molecule has 1 saturated heterocycles. The van der Waals surface area contributed by atoms with Crippen LogP contribution in [0.4, 0.5) is 10.5 Å². The second-order valence-electron chi connectivity index (χ2n) is 6.95. The van der Waals surface area contributed by atoms with Crippen LogP contribution in [-0.4, -0.2) is 42.1 Å². The second-order valence-corrected chi connectivity index (χ2v) is 6.95. The van der Waals surface area contributed by atoms with Gasteiger partial charge in [0, 0.05) is 30.4 Å². The van der Waals surface area contributed by atoms with E-state index in [-0.39, 0.29) is 18.0 Å². The average molecular weight is 359 g/mol. The first-order valence-corrected chi connectivity index (χ1v) is 9.25. The molecule has 2 unspecified atom stereocenters. The van der Waals surface area contributed by atoms with E-state index in [4.69, 9.17) is 0 Å². The third kappa shape index (κ3) is 4.15. The third-order valence-electron chi connectivity index (χ3n) is 5.20. The summed E-state index contributed by atoms with van der Waals surface area (Å²) >= 11 is 0. The van der Waals surface area contributed by atoms with Crippen molar-refractivity contribution in [3.8, 4) is 0 Å². The van der Waals surface area contributed by atoms with Gasteiger partial charge in [0.1, 0.15) is 0 Å². The van der Waals surface area contributed by atoms with E-state index in [2.05, 4.69) is 10.6 Å². The van der Waals surface area contributed by atoms with Crippen LogP contribution in [0.5, 0.6) is 0 Å². The van der Waals surface area contributed by atoms with Crippen molar-refractivity contribution < 1.29 is 19.5 Å². The molecule has 1 saturated carbocycles. The third-order valence-corrected chi connectivity index (χ3v) is 5.20. The Labute approximate surface area is 152 Å². The highest BCUT2D eigenvalue weighted by molar-refractivity contribution is 5.97. The molecule has 7 heteroatoms. The lowest BCUT2D eigenvalue weighted by Gasteiger charge is -2.27. The molecule has 1 aromatic rings. The molecule has 7 nitrogen and oxygen atoms in total. The van der Waals surface area contributed by atoms with E-state index < -0.39 is 11.9 Å². The van der Waals surface area contributed by atoms with Crippen molar-refractivity contribution in [1.29, 1.82) is 0 Å². The Bertz CT molecular complexity index is 674. The minimum atomic E-state index is -0.840. The van der Waals surface area contributed by atoms with Crippen molar-refractivity contribution in [3.05, 3.63) is 29.8 Å². The van der Waals surface area contributed by atoms with Gasteiger partial charge in [0.05, 0.1) is 5.92 Å². The number of nitrogens with one attached hydrogen (secondary N) is 2. The molecule has 2 fully saturated rings. The predicted molar refractivity (Wildman–Crippen MR) is 97.3 cm³/mol. The number of hydrogen-bond donors (Lipinski definition) is 3. The molecule has 0 aromatic heterocycles. The summed E-state index contributed by atoms with van der Waals surface area (Å²) in [6, 6.07) is 6.36. The van der Waals surface area contributed by atoms with Crippen molar-refractivity contribution in [2.24, 2.45) is 5.92 Å². The van der Waals surface area contributed by atoms with E-state index in [0.29, 0.717) is 31.5 Å². The molecule has 3 amide bonds. The zero-order valence-corrected chi connectivity index (χ0v) is 14.7. The molecule has 3 rings (SSSR count). The normalized spacial score (nSPS) is 23.7. The molecule has 0 radical (unpaired) electrons. The zero-order chi connectivity index (χ0) is 18.5. The maximum absolute atomic E-state index is 12.6. The van der Waals surface area contributed by atoms with Crippen molar-refractivity contribution in [3.63, 3.8) is 0 Å². The Morgan fingerprint density at radius 3 is 2.38 bits per heavy atom. The Balaban J connectivity index is 1.67. The van der Waals surface area contributed by atoms with Gasteiger partial charge >= 0.3 is 12.0 Å². The van der Waals surface area contributed by atoms with Gasteiger partial charge in [-0.2, -0.15) is 0 Å². The largest absolute Gasteiger partial charge is 0.481 e. The summed E-state index contributed by atoms with van der Waals surface area (Å²) < 4.78 is 0. The quantitative estimate of drug-likeness (QED) is 0.768. The lowest BCUT2D eigenvalue weighted by atomic mass is 9.86. The minimum Gasteiger partial charge on any atom is -0.481 e. The molecule has 0 bridgehead atoms. The van der Waals surface area contributed by atoms with Crippen LogP contribution in [0.1, 0.15) is 48.9 Å². The van der Waals surface area contributed by atoms with Crippen molar-refractivity contribution in [2.75, 3.05) is 18.0 Å². The number of aliphatic carboxylic acids is 1. The maximum Gasteiger partial charge on any atom is 0.321 e. The smallest absolute Gasteiger partial charge is 0.321 e. The van der Waals surface area contributed by atoms with Crippen molar-refractivity contribution >= 4 is 23.6 Å². The number of rotatable bonds is 4. The predicted octanol–water partition coefficient (Wildman–Crippen LogP) is 2.37. The Morgan fingerprint density at radius 2 is 1.77 bits per heavy atom. The van der Waals surface area contributed by atoms with E-state index in [1.807, 2.05) is 0 Å². The molecule has 140 valence electrons. The van der Waals surface area contributed by atoms with Gasteiger partial charge < -0.3 is 15.7 Å². The number of carboxylic acid groups (broad SMARTS) is 1. The molecular weight excluding hydrogens is 334 g/mol. The monoisotopic (exact) mass is 359 g/mol. The van der Waals surface area contributed by atoms with E-state index in [1.165, 1.54) is 0 Å². The number of amides is 3. The summed E-state index contributed by atoms with van der Waals surface area (Å²) in [5.74, 6) is -1.64. The van der Waals surface area contributed by atoms with E-state index in [0.717, 1.165) is 31.4 Å². The van der Waals surface area contributed by atoms with Crippen molar-refractivity contribution in [2.45, 2.75) is 44.6 Å². The fourth-order valence-corrected chi connectivity index (χ4v) is 3.72. The number of carbonyl (C=O) groups excluding carboxylic acids is 2. The van der Waals surface area contributed by atoms with Crippen LogP contribution >= 0.6 is 0 Å². The SMILES string of the molecule is O=C(NC1CCCCCCC1C(=O)O)c1ccc(N2CCNC2=O)cc1. The van der Waals surface area contributed by atoms with Crippen LogP contribution in [0.2, 0.25) is 0 Å². The van der Waals surface area contributed by atoms with E-state index in [1.54, 1.807) is 29.2 Å². The van der Waals surface area contributed by atoms with E-state index >= 15 is 0 Å². The standard InChI is InChI=1S/C19H25N3O4/c23-17(21-16-6-4-2-1-3-5-15(16)18(24)25)13-7-9-14(10-8-13)22-12-11-20-19(22)26/h7-10,15-16H,1-6,11-12H2,(H,20,26)(H,21,23)(H,24,25). The lowest BCUT2D eigenvalue weighted by Crippen LogP contribution is -2.43. The topological polar surface area (TPSA) is 98.7 Å². The summed E-state index contributed by atoms with van der Waals surface area (Å²) in [5.41, 5.74) is 1.21. The molecular formula is C19H25N3O4. The molecule has 1 aromatic carbocycles. The Kier molecular flexibility index (Phi) is 5.75. The van der Waals surface area contributed by atoms with Crippen LogP contribution in [0.3, 0.4) is 0 Å². The second kappa shape index (κ2) is 8.21. The fourth-order valence-electron chi connectivity index (χ4n) is 3.72. The van der Waals surface area contributed by atoms with Gasteiger partial charge in [0.2, 0.25) is 0 Å². The lowest BCUT2D eigenvalue weighted by molar-refractivity contribution is -0.143. The highest BCUT2D eigenvalue weighted by atomic mass is 16.4. The summed E-state index contributed by atoms with van der Waals surface area (Å²) in [5, 5.41) is 15.2. The molecule has 1 heterocycles. The molecule has 0 spiro atoms. The summed E-state index contributed by atoms with van der Waals surface area (Å²) in [7, 11) is 0. The van der Waals surface area contributed by atoms with Gasteiger partial charge in [-0.1, -0.05) is 25.7 Å². The van der Waals surface area contributed by atoms with Gasteiger partial charge in [0.25, 0.3) is 5.91 Å². The molecule has 2 aliphatic rings. The minimum absolute atomic E-state index is 0.138. The first-order valence-electron chi connectivity index (χ1n) is 9.25. The van der Waals surface area contributed by atoms with Gasteiger partial charge in [-0.25, -0.2) is 4.79 Å². The van der Waals surface area contributed by atoms with Gasteiger partial charge in [-0.3, -0.25) is 14.5 Å². The van der Waals surface area contributed by atoms with Crippen LogP contribution in [0.15, 0.2) is 24.3 Å². The van der Waals surface area contributed by atoms with Gasteiger partial charge in [0.15, 0.2) is 0 Å². The first kappa shape index (κ1) is 18.2. The molecule has 2 atom stereocenters. The number of nitrogens with zero attached hydrogens (tertiary/aromatic N) is 1. The summed E-state index contributed by atoms with van der Waals surface area (Å²) in [4.78, 5) is 37.5. The molecule has 3 N–H and O–H groups in total. The number of anilines is 1. The first-order chi connectivity index (χ1) is 12.6. The molecule has 26 heavy (non-hydrogen) atoms. The number of urea groups is 1. The van der Waals surface area contributed by atoms with Crippen LogP contribution < -0.4 is 15.5 Å².